The molecule has 0 aliphatic carbocycles. The highest BCUT2D eigenvalue weighted by Gasteiger charge is 2.24. The molecule has 1 N–H and O–H groups in total. The van der Waals surface area contributed by atoms with Gasteiger partial charge in [0.25, 0.3) is 5.91 Å². The van der Waals surface area contributed by atoms with Crippen molar-refractivity contribution < 1.29 is 9.90 Å². The van der Waals surface area contributed by atoms with Gasteiger partial charge in [-0.1, -0.05) is 129 Å². The quantitative estimate of drug-likeness (QED) is 0.171. The Labute approximate surface area is 209 Å². The Morgan fingerprint density at radius 2 is 1.18 bits per heavy atom. The summed E-state index contributed by atoms with van der Waals surface area (Å²) in [5, 5.41) is 10.6. The third-order valence-corrected chi connectivity index (χ3v) is 7.52. The minimum Gasteiger partial charge on any atom is -0.494 e. The van der Waals surface area contributed by atoms with E-state index in [4.69, 9.17) is 0 Å². The predicted octanol–water partition coefficient (Wildman–Crippen LogP) is 9.22. The van der Waals surface area contributed by atoms with Crippen LogP contribution in [0.4, 0.5) is 0 Å². The van der Waals surface area contributed by atoms with Crippen LogP contribution in [-0.2, 0) is 6.54 Å². The summed E-state index contributed by atoms with van der Waals surface area (Å²) >= 11 is 0. The number of rotatable bonds is 22. The Morgan fingerprint density at radius 1 is 0.735 bits per heavy atom. The normalized spacial score (nSPS) is 13.6. The molecule has 0 bridgehead atoms. The Hall–Kier alpha value is -1.58. The topological polar surface area (TPSA) is 54.6 Å². The van der Waals surface area contributed by atoms with E-state index in [1.165, 1.54) is 135 Å². The zero-order valence-electron chi connectivity index (χ0n) is 22.3. The summed E-state index contributed by atoms with van der Waals surface area (Å²) < 4.78 is 1.90. The van der Waals surface area contributed by atoms with Crippen LogP contribution >= 0.6 is 0 Å². The van der Waals surface area contributed by atoms with Crippen molar-refractivity contribution >= 4 is 12.1 Å². The average molecular weight is 473 g/mol. The Kier molecular flexibility index (Phi) is 15.0. The maximum Gasteiger partial charge on any atom is 0.279 e. The number of fused-ring (bicyclic) bond motifs is 1. The van der Waals surface area contributed by atoms with E-state index < -0.39 is 0 Å². The van der Waals surface area contributed by atoms with Gasteiger partial charge in [0.15, 0.2) is 0 Å². The van der Waals surface area contributed by atoms with E-state index >= 15 is 0 Å². The van der Waals surface area contributed by atoms with Crippen molar-refractivity contribution in [2.45, 2.75) is 149 Å². The Morgan fingerprint density at radius 3 is 1.62 bits per heavy atom. The molecule has 0 radical (unpaired) electrons. The first kappa shape index (κ1) is 28.7. The van der Waals surface area contributed by atoms with Gasteiger partial charge in [-0.05, 0) is 18.8 Å². The molecular weight excluding hydrogens is 420 g/mol. The Balaban J connectivity index is 1.70. The molecule has 4 heteroatoms. The molecule has 0 spiro atoms. The lowest BCUT2D eigenvalue weighted by molar-refractivity contribution is 0.101. The highest BCUT2D eigenvalue weighted by Crippen LogP contribution is 2.30. The van der Waals surface area contributed by atoms with Crippen molar-refractivity contribution in [2.24, 2.45) is 10.9 Å². The van der Waals surface area contributed by atoms with Crippen molar-refractivity contribution in [3.8, 4) is 5.88 Å². The van der Waals surface area contributed by atoms with Gasteiger partial charge in [-0.3, -0.25) is 4.79 Å². The smallest absolute Gasteiger partial charge is 0.279 e. The molecule has 194 valence electrons. The van der Waals surface area contributed by atoms with Gasteiger partial charge in [-0.2, -0.15) is 0 Å². The molecule has 34 heavy (non-hydrogen) atoms. The van der Waals surface area contributed by atoms with E-state index in [0.29, 0.717) is 17.0 Å². The number of hydrogen-bond donors (Lipinski definition) is 1. The Bertz CT molecular complexity index is 707. The van der Waals surface area contributed by atoms with Gasteiger partial charge in [0.05, 0.1) is 11.1 Å². The van der Waals surface area contributed by atoms with Gasteiger partial charge >= 0.3 is 0 Å². The lowest BCUT2D eigenvalue weighted by Crippen LogP contribution is -2.11. The van der Waals surface area contributed by atoms with Crippen LogP contribution in [0.2, 0.25) is 0 Å². The molecule has 0 fully saturated rings. The van der Waals surface area contributed by atoms with Crippen LogP contribution in [0.1, 0.15) is 158 Å². The fourth-order valence-corrected chi connectivity index (χ4v) is 5.28. The second-order valence-electron chi connectivity index (χ2n) is 10.6. The fourth-order valence-electron chi connectivity index (χ4n) is 5.28. The molecule has 1 aromatic heterocycles. The van der Waals surface area contributed by atoms with E-state index in [2.05, 4.69) is 18.8 Å². The fraction of sp³-hybridized carbons (Fsp3) is 0.800. The van der Waals surface area contributed by atoms with E-state index in [9.17, 15) is 9.90 Å². The summed E-state index contributed by atoms with van der Waals surface area (Å²) in [6.45, 7) is 5.36. The van der Waals surface area contributed by atoms with Gasteiger partial charge in [0.1, 0.15) is 0 Å². The highest BCUT2D eigenvalue weighted by atomic mass is 16.3. The van der Waals surface area contributed by atoms with E-state index in [-0.39, 0.29) is 11.8 Å². The number of amides is 1. The molecule has 0 saturated carbocycles. The predicted molar refractivity (Wildman–Crippen MR) is 145 cm³/mol. The highest BCUT2D eigenvalue weighted by molar-refractivity contribution is 6.14. The first-order valence-electron chi connectivity index (χ1n) is 14.7. The number of aromatic hydroxyl groups is 1. The molecule has 2 heterocycles. The van der Waals surface area contributed by atoms with Crippen LogP contribution in [0.5, 0.6) is 5.88 Å². The molecule has 1 aromatic rings. The number of hydrogen-bond acceptors (Lipinski definition) is 2. The number of aromatic nitrogens is 1. The number of carbonyl (C=O) groups is 1. The van der Waals surface area contributed by atoms with Gasteiger partial charge in [-0.25, -0.2) is 4.99 Å². The summed E-state index contributed by atoms with van der Waals surface area (Å²) in [5.41, 5.74) is 1.16. The number of carbonyl (C=O) groups excluding carboxylic acids is 1. The van der Waals surface area contributed by atoms with Gasteiger partial charge in [0, 0.05) is 19.0 Å². The maximum absolute atomic E-state index is 11.9. The molecule has 1 atom stereocenters. The zero-order valence-corrected chi connectivity index (χ0v) is 22.3. The summed E-state index contributed by atoms with van der Waals surface area (Å²) in [4.78, 5) is 15.7. The maximum atomic E-state index is 11.9. The summed E-state index contributed by atoms with van der Waals surface area (Å²) in [5.74, 6) is 0.562. The van der Waals surface area contributed by atoms with Crippen LogP contribution in [0, 0.1) is 5.92 Å². The van der Waals surface area contributed by atoms with Gasteiger partial charge in [0.2, 0.25) is 5.88 Å². The third-order valence-electron chi connectivity index (χ3n) is 7.52. The molecule has 0 saturated heterocycles. The van der Waals surface area contributed by atoms with E-state index in [0.717, 1.165) is 6.54 Å². The third kappa shape index (κ3) is 10.8. The molecule has 1 amide bonds. The molecule has 2 rings (SSSR count). The van der Waals surface area contributed by atoms with Crippen LogP contribution in [0.3, 0.4) is 0 Å². The molecule has 1 aliphatic heterocycles. The van der Waals surface area contributed by atoms with Crippen molar-refractivity contribution in [3.05, 3.63) is 17.3 Å². The van der Waals surface area contributed by atoms with Crippen LogP contribution < -0.4 is 0 Å². The minimum absolute atomic E-state index is 0.216. The summed E-state index contributed by atoms with van der Waals surface area (Å²) in [7, 11) is 0. The van der Waals surface area contributed by atoms with Gasteiger partial charge < -0.3 is 9.67 Å². The monoisotopic (exact) mass is 472 g/mol. The van der Waals surface area contributed by atoms with Crippen molar-refractivity contribution in [1.82, 2.24) is 4.57 Å². The first-order chi connectivity index (χ1) is 16.7. The lowest BCUT2D eigenvalue weighted by Gasteiger charge is -2.18. The molecule has 0 aromatic carbocycles. The van der Waals surface area contributed by atoms with Crippen LogP contribution in [0.15, 0.2) is 11.2 Å². The van der Waals surface area contributed by atoms with Crippen molar-refractivity contribution in [2.75, 3.05) is 0 Å². The molecule has 1 unspecified atom stereocenters. The second kappa shape index (κ2) is 17.8. The largest absolute Gasteiger partial charge is 0.494 e. The van der Waals surface area contributed by atoms with Crippen molar-refractivity contribution in [1.29, 1.82) is 0 Å². The van der Waals surface area contributed by atoms with E-state index in [1.807, 2.05) is 10.8 Å². The first-order valence-corrected chi connectivity index (χ1v) is 14.7. The van der Waals surface area contributed by atoms with Crippen molar-refractivity contribution in [3.63, 3.8) is 0 Å². The number of nitrogens with zero attached hydrogens (tertiary/aromatic N) is 2. The second-order valence-corrected chi connectivity index (χ2v) is 10.6. The minimum atomic E-state index is -0.224. The van der Waals surface area contributed by atoms with Crippen LogP contribution in [0.25, 0.3) is 0 Å². The number of aliphatic imine (C=N–C) groups is 1. The van der Waals surface area contributed by atoms with E-state index in [1.54, 1.807) is 0 Å². The SMILES string of the molecule is CCCCCCCCCCCCC(CCCCCCCCCC)Cn1cc2c(c1O)C=NC2=O. The lowest BCUT2D eigenvalue weighted by atomic mass is 9.93. The molecular formula is C30H52N2O2. The number of unbranched alkanes of at least 4 members (excludes halogenated alkanes) is 16. The standard InChI is InChI=1S/C30H52N2O2/c1-3-5-7-9-11-13-14-16-18-20-22-26(21-19-17-15-12-10-8-6-4-2)24-32-25-28-27(30(32)34)23-31-29(28)33/h23,25-26,34H,3-22,24H2,1-2H3. The van der Waals surface area contributed by atoms with Crippen LogP contribution in [-0.4, -0.2) is 21.8 Å². The van der Waals surface area contributed by atoms with Gasteiger partial charge in [-0.15, -0.1) is 0 Å². The summed E-state index contributed by atoms with van der Waals surface area (Å²) in [6.07, 6.45) is 30.2. The average Bonchev–Trinajstić information content (AvgIpc) is 3.35. The molecule has 1 aliphatic rings. The summed E-state index contributed by atoms with van der Waals surface area (Å²) in [6, 6.07) is 0. The zero-order chi connectivity index (χ0) is 24.4. The molecule has 4 nitrogen and oxygen atoms in total.